The van der Waals surface area contributed by atoms with Crippen molar-refractivity contribution in [3.05, 3.63) is 134 Å². The topological polar surface area (TPSA) is 82.4 Å². The van der Waals surface area contributed by atoms with Gasteiger partial charge in [-0.2, -0.15) is 0 Å². The first-order valence-corrected chi connectivity index (χ1v) is 13.3. The summed E-state index contributed by atoms with van der Waals surface area (Å²) in [6.45, 7) is 0. The molecule has 2 N–H and O–H groups in total. The van der Waals surface area contributed by atoms with E-state index in [-0.39, 0.29) is 0 Å². The zero-order valence-corrected chi connectivity index (χ0v) is 22.5. The molecule has 6 nitrogen and oxygen atoms in total. The second-order valence-electron chi connectivity index (χ2n) is 9.65. The van der Waals surface area contributed by atoms with E-state index in [1.165, 1.54) is 0 Å². The highest BCUT2D eigenvalue weighted by atomic mass is 16.4. The van der Waals surface area contributed by atoms with Crippen molar-refractivity contribution in [2.45, 2.75) is 0 Å². The first kappa shape index (κ1) is 26.1. The Morgan fingerprint density at radius 1 is 0.561 bits per heavy atom. The van der Waals surface area contributed by atoms with Gasteiger partial charge in [0.1, 0.15) is 0 Å². The van der Waals surface area contributed by atoms with Gasteiger partial charge < -0.3 is 14.9 Å². The average molecular weight is 534 g/mol. The molecule has 7 heteroatoms. The third kappa shape index (κ3) is 5.49. The number of pyridine rings is 3. The molecule has 0 saturated carbocycles. The van der Waals surface area contributed by atoms with Gasteiger partial charge in [0, 0.05) is 36.4 Å². The minimum absolute atomic E-state index is 0.450. The van der Waals surface area contributed by atoms with Gasteiger partial charge in [0.15, 0.2) is 0 Å². The Labute approximate surface area is 239 Å². The van der Waals surface area contributed by atoms with Gasteiger partial charge in [0.2, 0.25) is 0 Å². The van der Waals surface area contributed by atoms with Gasteiger partial charge >= 0.3 is 7.12 Å². The second-order valence-corrected chi connectivity index (χ2v) is 9.65. The number of benzene rings is 3. The highest BCUT2D eigenvalue weighted by Crippen LogP contribution is 2.36. The van der Waals surface area contributed by atoms with Gasteiger partial charge in [-0.3, -0.25) is 9.97 Å². The van der Waals surface area contributed by atoms with Crippen LogP contribution < -0.4 is 10.4 Å². The number of nitrogens with zero attached hydrogens (tertiary/aromatic N) is 4. The fourth-order valence-corrected chi connectivity index (χ4v) is 4.99. The first-order valence-electron chi connectivity index (χ1n) is 13.3. The molecule has 0 bridgehead atoms. The third-order valence-corrected chi connectivity index (χ3v) is 7.02. The van der Waals surface area contributed by atoms with Crippen LogP contribution in [0.25, 0.3) is 45.0 Å². The summed E-state index contributed by atoms with van der Waals surface area (Å²) in [5.41, 5.74) is 9.02. The van der Waals surface area contributed by atoms with Crippen molar-refractivity contribution in [1.82, 2.24) is 15.0 Å². The summed E-state index contributed by atoms with van der Waals surface area (Å²) in [5.74, 6) is 0. The third-order valence-electron chi connectivity index (χ3n) is 7.02. The van der Waals surface area contributed by atoms with E-state index in [0.717, 1.165) is 56.4 Å². The fourth-order valence-electron chi connectivity index (χ4n) is 4.99. The van der Waals surface area contributed by atoms with Crippen LogP contribution in [0.5, 0.6) is 0 Å². The van der Waals surface area contributed by atoms with Crippen LogP contribution in [0, 0.1) is 0 Å². The Bertz CT molecular complexity index is 1720. The van der Waals surface area contributed by atoms with Gasteiger partial charge in [0.25, 0.3) is 0 Å². The fraction of sp³-hybridized carbons (Fsp3) is 0.0294. The second kappa shape index (κ2) is 11.6. The lowest BCUT2D eigenvalue weighted by Crippen LogP contribution is -2.32. The molecule has 0 spiro atoms. The lowest BCUT2D eigenvalue weighted by Gasteiger charge is -2.25. The zero-order valence-electron chi connectivity index (χ0n) is 22.5. The van der Waals surface area contributed by atoms with E-state index in [0.29, 0.717) is 5.46 Å². The highest BCUT2D eigenvalue weighted by molar-refractivity contribution is 6.61. The maximum atomic E-state index is 10.2. The smallest absolute Gasteiger partial charge is 0.423 e. The van der Waals surface area contributed by atoms with Crippen LogP contribution in [0.4, 0.5) is 11.4 Å². The summed E-state index contributed by atoms with van der Waals surface area (Å²) in [5, 5.41) is 20.4. The lowest BCUT2D eigenvalue weighted by molar-refractivity contribution is 0.426. The van der Waals surface area contributed by atoms with Crippen molar-refractivity contribution in [1.29, 1.82) is 0 Å². The number of hydrogen-bond donors (Lipinski definition) is 2. The number of rotatable bonds is 7. The van der Waals surface area contributed by atoms with Crippen LogP contribution in [-0.2, 0) is 0 Å². The molecule has 0 aliphatic carbocycles. The molecule has 0 saturated heterocycles. The average Bonchev–Trinajstić information content (AvgIpc) is 3.05. The molecule has 3 aromatic heterocycles. The van der Waals surface area contributed by atoms with Crippen molar-refractivity contribution in [2.75, 3.05) is 11.9 Å². The van der Waals surface area contributed by atoms with Gasteiger partial charge in [0.05, 0.1) is 22.8 Å². The van der Waals surface area contributed by atoms with Crippen LogP contribution in [0.15, 0.2) is 134 Å². The van der Waals surface area contributed by atoms with E-state index in [1.54, 1.807) is 18.5 Å². The molecule has 0 fully saturated rings. The molecule has 6 aromatic rings. The molecule has 3 aromatic carbocycles. The summed E-state index contributed by atoms with van der Waals surface area (Å²) in [6.07, 6.45) is 3.53. The standard InChI is InChI=1S/C34H27BN4O2/c1-39(33-18-10-15-28(35(40)41)34(33)24-11-3-2-4-12-24)27-14-9-13-25(21-27)26-22-31(29-16-5-7-19-36-29)38-32(23-26)30-17-6-8-20-37-30/h2-23,40-41H,1H3. The van der Waals surface area contributed by atoms with E-state index in [2.05, 4.69) is 27.0 Å². The Hall–Kier alpha value is -5.11. The predicted molar refractivity (Wildman–Crippen MR) is 166 cm³/mol. The summed E-state index contributed by atoms with van der Waals surface area (Å²) in [7, 11) is 0.385. The summed E-state index contributed by atoms with van der Waals surface area (Å²) < 4.78 is 0. The first-order chi connectivity index (χ1) is 20.1. The molecule has 0 radical (unpaired) electrons. The van der Waals surface area contributed by atoms with Crippen molar-refractivity contribution in [3.8, 4) is 45.0 Å². The normalized spacial score (nSPS) is 10.8. The van der Waals surface area contributed by atoms with E-state index < -0.39 is 7.12 Å². The maximum absolute atomic E-state index is 10.2. The Kier molecular flexibility index (Phi) is 7.37. The molecule has 0 atom stereocenters. The SMILES string of the molecule is CN(c1cccc(-c2cc(-c3ccccn3)nc(-c3ccccn3)c2)c1)c1cccc(B(O)O)c1-c1ccccc1. The molecule has 0 amide bonds. The van der Waals surface area contributed by atoms with E-state index in [1.807, 2.05) is 110 Å². The number of hydrogen-bond acceptors (Lipinski definition) is 6. The summed E-state index contributed by atoms with van der Waals surface area (Å²) in [6, 6.07) is 39.3. The number of aromatic nitrogens is 3. The minimum Gasteiger partial charge on any atom is -0.423 e. The lowest BCUT2D eigenvalue weighted by atomic mass is 9.74. The Morgan fingerprint density at radius 3 is 1.78 bits per heavy atom. The molecule has 0 aliphatic heterocycles. The molecular formula is C34H27BN4O2. The van der Waals surface area contributed by atoms with Crippen LogP contribution in [0.1, 0.15) is 0 Å². The van der Waals surface area contributed by atoms with E-state index >= 15 is 0 Å². The summed E-state index contributed by atoms with van der Waals surface area (Å²) in [4.78, 5) is 16.0. The quantitative estimate of drug-likeness (QED) is 0.245. The van der Waals surface area contributed by atoms with Crippen molar-refractivity contribution < 1.29 is 10.0 Å². The van der Waals surface area contributed by atoms with Crippen molar-refractivity contribution in [3.63, 3.8) is 0 Å². The van der Waals surface area contributed by atoms with Crippen molar-refractivity contribution >= 4 is 24.0 Å². The molecule has 3 heterocycles. The highest BCUT2D eigenvalue weighted by Gasteiger charge is 2.22. The Morgan fingerprint density at radius 2 is 1.17 bits per heavy atom. The van der Waals surface area contributed by atoms with E-state index in [4.69, 9.17) is 4.98 Å². The zero-order chi connectivity index (χ0) is 28.2. The molecule has 0 unspecified atom stereocenters. The van der Waals surface area contributed by atoms with Crippen LogP contribution in [0.3, 0.4) is 0 Å². The summed E-state index contributed by atoms with van der Waals surface area (Å²) >= 11 is 0. The monoisotopic (exact) mass is 534 g/mol. The minimum atomic E-state index is -1.60. The van der Waals surface area contributed by atoms with Gasteiger partial charge in [-0.15, -0.1) is 0 Å². The van der Waals surface area contributed by atoms with Crippen LogP contribution in [0.2, 0.25) is 0 Å². The molecule has 0 aliphatic rings. The van der Waals surface area contributed by atoms with Crippen LogP contribution >= 0.6 is 0 Å². The largest absolute Gasteiger partial charge is 0.489 e. The molecule has 6 rings (SSSR count). The molecule has 198 valence electrons. The van der Waals surface area contributed by atoms with Crippen molar-refractivity contribution in [2.24, 2.45) is 0 Å². The van der Waals surface area contributed by atoms with Crippen LogP contribution in [-0.4, -0.2) is 39.2 Å². The number of anilines is 2. The van der Waals surface area contributed by atoms with Gasteiger partial charge in [-0.25, -0.2) is 4.98 Å². The van der Waals surface area contributed by atoms with Gasteiger partial charge in [-0.05, 0) is 76.8 Å². The molecule has 41 heavy (non-hydrogen) atoms. The maximum Gasteiger partial charge on any atom is 0.489 e. The van der Waals surface area contributed by atoms with E-state index in [9.17, 15) is 10.0 Å². The van der Waals surface area contributed by atoms with Gasteiger partial charge in [-0.1, -0.05) is 66.7 Å². The Balaban J connectivity index is 1.46. The predicted octanol–water partition coefficient (Wildman–Crippen LogP) is 5.99. The molecular weight excluding hydrogens is 507 g/mol.